The maximum atomic E-state index is 10.1. The molecule has 0 bridgehead atoms. The number of hydrogen-bond acceptors (Lipinski definition) is 2. The van der Waals surface area contributed by atoms with Crippen LogP contribution in [0.25, 0.3) is 0 Å². The van der Waals surface area contributed by atoms with Crippen molar-refractivity contribution in [1.29, 1.82) is 0 Å². The fourth-order valence-electron chi connectivity index (χ4n) is 0.411. The Morgan fingerprint density at radius 1 is 1.56 bits per heavy atom. The minimum Gasteiger partial charge on any atom is -0.378 e. The van der Waals surface area contributed by atoms with Gasteiger partial charge < -0.3 is 5.11 Å². The van der Waals surface area contributed by atoms with E-state index in [1.54, 1.807) is 0 Å². The SMILES string of the molecule is C=CCC(O)(C=C)C=O. The molecule has 0 amide bonds. The Morgan fingerprint density at radius 3 is 2.22 bits per heavy atom. The molecule has 0 aliphatic heterocycles. The van der Waals surface area contributed by atoms with Crippen LogP contribution in [0.2, 0.25) is 0 Å². The summed E-state index contributed by atoms with van der Waals surface area (Å²) in [7, 11) is 0. The van der Waals surface area contributed by atoms with Crippen molar-refractivity contribution in [2.45, 2.75) is 12.0 Å². The number of aliphatic hydroxyl groups is 1. The van der Waals surface area contributed by atoms with Gasteiger partial charge in [0.05, 0.1) is 0 Å². The van der Waals surface area contributed by atoms with Gasteiger partial charge in [-0.15, -0.1) is 6.58 Å². The third kappa shape index (κ3) is 2.24. The van der Waals surface area contributed by atoms with E-state index in [0.29, 0.717) is 6.29 Å². The van der Waals surface area contributed by atoms with Gasteiger partial charge in [0.25, 0.3) is 0 Å². The van der Waals surface area contributed by atoms with Gasteiger partial charge in [-0.2, -0.15) is 0 Å². The largest absolute Gasteiger partial charge is 0.378 e. The Bertz CT molecular complexity index is 119. The van der Waals surface area contributed by atoms with E-state index in [-0.39, 0.29) is 6.42 Å². The van der Waals surface area contributed by atoms with Crippen molar-refractivity contribution in [2.24, 2.45) is 0 Å². The van der Waals surface area contributed by atoms with E-state index in [2.05, 4.69) is 13.2 Å². The highest BCUT2D eigenvalue weighted by atomic mass is 16.3. The van der Waals surface area contributed by atoms with Gasteiger partial charge >= 0.3 is 0 Å². The molecular weight excluding hydrogens is 116 g/mol. The molecule has 0 aliphatic rings. The van der Waals surface area contributed by atoms with E-state index < -0.39 is 5.60 Å². The first-order valence-corrected chi connectivity index (χ1v) is 2.61. The average Bonchev–Trinajstić information content (AvgIpc) is 1.89. The lowest BCUT2D eigenvalue weighted by Crippen LogP contribution is -2.25. The fourth-order valence-corrected chi connectivity index (χ4v) is 0.411. The smallest absolute Gasteiger partial charge is 0.155 e. The van der Waals surface area contributed by atoms with E-state index in [4.69, 9.17) is 5.11 Å². The Kier molecular flexibility index (Phi) is 2.88. The molecular formula is C7H10O2. The molecule has 2 nitrogen and oxygen atoms in total. The fraction of sp³-hybridized carbons (Fsp3) is 0.286. The molecule has 0 saturated heterocycles. The van der Waals surface area contributed by atoms with Gasteiger partial charge in [-0.25, -0.2) is 0 Å². The summed E-state index contributed by atoms with van der Waals surface area (Å²) in [5.41, 5.74) is -1.40. The van der Waals surface area contributed by atoms with Gasteiger partial charge in [-0.3, -0.25) is 4.79 Å². The second kappa shape index (κ2) is 3.20. The van der Waals surface area contributed by atoms with Crippen molar-refractivity contribution >= 4 is 6.29 Å². The highest BCUT2D eigenvalue weighted by Gasteiger charge is 2.18. The summed E-state index contributed by atoms with van der Waals surface area (Å²) in [6.07, 6.45) is 3.33. The van der Waals surface area contributed by atoms with Crippen molar-refractivity contribution in [1.82, 2.24) is 0 Å². The van der Waals surface area contributed by atoms with Crippen molar-refractivity contribution in [3.8, 4) is 0 Å². The molecule has 0 rings (SSSR count). The zero-order chi connectivity index (χ0) is 7.33. The molecule has 9 heavy (non-hydrogen) atoms. The van der Waals surface area contributed by atoms with Crippen LogP contribution in [0.3, 0.4) is 0 Å². The van der Waals surface area contributed by atoms with Crippen molar-refractivity contribution in [2.75, 3.05) is 0 Å². The van der Waals surface area contributed by atoms with Gasteiger partial charge in [-0.1, -0.05) is 18.7 Å². The standard InChI is InChI=1S/C7H10O2/c1-3-5-7(9,4-2)6-8/h3-4,6,9H,1-2,5H2. The highest BCUT2D eigenvalue weighted by molar-refractivity contribution is 5.65. The molecule has 1 atom stereocenters. The molecule has 0 aromatic carbocycles. The summed E-state index contributed by atoms with van der Waals surface area (Å²) < 4.78 is 0. The van der Waals surface area contributed by atoms with Crippen LogP contribution in [-0.4, -0.2) is 17.0 Å². The van der Waals surface area contributed by atoms with Crippen LogP contribution in [0, 0.1) is 0 Å². The second-order valence-corrected chi connectivity index (χ2v) is 1.81. The number of carbonyl (C=O) groups is 1. The summed E-state index contributed by atoms with van der Waals surface area (Å²) in [5.74, 6) is 0. The van der Waals surface area contributed by atoms with Crippen LogP contribution in [-0.2, 0) is 4.79 Å². The Hall–Kier alpha value is -0.890. The molecule has 1 N–H and O–H groups in total. The van der Waals surface area contributed by atoms with Gasteiger partial charge in [0.1, 0.15) is 5.60 Å². The van der Waals surface area contributed by atoms with Crippen LogP contribution < -0.4 is 0 Å². The Morgan fingerprint density at radius 2 is 2.11 bits per heavy atom. The second-order valence-electron chi connectivity index (χ2n) is 1.81. The first-order chi connectivity index (χ1) is 4.18. The summed E-state index contributed by atoms with van der Waals surface area (Å²) in [5, 5.41) is 9.07. The molecule has 0 aliphatic carbocycles. The van der Waals surface area contributed by atoms with Gasteiger partial charge in [0, 0.05) is 6.42 Å². The first-order valence-electron chi connectivity index (χ1n) is 2.61. The lowest BCUT2D eigenvalue weighted by atomic mass is 10.0. The lowest BCUT2D eigenvalue weighted by Gasteiger charge is -2.12. The third-order valence-electron chi connectivity index (χ3n) is 1.03. The molecule has 0 saturated carbocycles. The molecule has 0 radical (unpaired) electrons. The van der Waals surface area contributed by atoms with Gasteiger partial charge in [-0.05, 0) is 0 Å². The Labute approximate surface area is 54.5 Å². The van der Waals surface area contributed by atoms with Crippen molar-refractivity contribution in [3.63, 3.8) is 0 Å². The Balaban J connectivity index is 4.06. The molecule has 0 fully saturated rings. The molecule has 1 unspecified atom stereocenters. The number of carbonyl (C=O) groups excluding carboxylic acids is 1. The van der Waals surface area contributed by atoms with Crippen LogP contribution in [0.1, 0.15) is 6.42 Å². The minimum absolute atomic E-state index is 0.222. The van der Waals surface area contributed by atoms with E-state index >= 15 is 0 Å². The maximum Gasteiger partial charge on any atom is 0.155 e. The lowest BCUT2D eigenvalue weighted by molar-refractivity contribution is -0.119. The minimum atomic E-state index is -1.40. The number of rotatable bonds is 4. The maximum absolute atomic E-state index is 10.1. The van der Waals surface area contributed by atoms with Crippen LogP contribution in [0.4, 0.5) is 0 Å². The normalized spacial score (nSPS) is 15.7. The highest BCUT2D eigenvalue weighted by Crippen LogP contribution is 2.07. The van der Waals surface area contributed by atoms with E-state index in [0.717, 1.165) is 0 Å². The zero-order valence-electron chi connectivity index (χ0n) is 5.21. The molecule has 50 valence electrons. The van der Waals surface area contributed by atoms with Crippen molar-refractivity contribution < 1.29 is 9.90 Å². The van der Waals surface area contributed by atoms with Gasteiger partial charge in [0.2, 0.25) is 0 Å². The van der Waals surface area contributed by atoms with Gasteiger partial charge in [0.15, 0.2) is 6.29 Å². The molecule has 2 heteroatoms. The molecule has 0 heterocycles. The average molecular weight is 126 g/mol. The first kappa shape index (κ1) is 8.11. The van der Waals surface area contributed by atoms with Crippen molar-refractivity contribution in [3.05, 3.63) is 25.3 Å². The third-order valence-corrected chi connectivity index (χ3v) is 1.03. The van der Waals surface area contributed by atoms with E-state index in [1.807, 2.05) is 0 Å². The summed E-state index contributed by atoms with van der Waals surface area (Å²) in [4.78, 5) is 10.1. The predicted octanol–water partition coefficient (Wildman–Crippen LogP) is 0.678. The quantitative estimate of drug-likeness (QED) is 0.444. The molecule has 0 spiro atoms. The van der Waals surface area contributed by atoms with Crippen LogP contribution in [0.5, 0.6) is 0 Å². The summed E-state index contributed by atoms with van der Waals surface area (Å²) in [6.45, 7) is 6.67. The monoisotopic (exact) mass is 126 g/mol. The van der Waals surface area contributed by atoms with Crippen LogP contribution >= 0.6 is 0 Å². The van der Waals surface area contributed by atoms with E-state index in [9.17, 15) is 4.79 Å². The summed E-state index contributed by atoms with van der Waals surface area (Å²) >= 11 is 0. The van der Waals surface area contributed by atoms with E-state index in [1.165, 1.54) is 12.2 Å². The molecule has 0 aromatic heterocycles. The number of hydrogen-bond donors (Lipinski definition) is 1. The zero-order valence-corrected chi connectivity index (χ0v) is 5.21. The number of aldehydes is 1. The molecule has 0 aromatic rings. The van der Waals surface area contributed by atoms with Crippen LogP contribution in [0.15, 0.2) is 25.3 Å². The predicted molar refractivity (Wildman–Crippen MR) is 36.0 cm³/mol. The topological polar surface area (TPSA) is 37.3 Å². The summed E-state index contributed by atoms with van der Waals surface area (Å²) in [6, 6.07) is 0.